The van der Waals surface area contributed by atoms with Crippen LogP contribution in [0.3, 0.4) is 0 Å². The van der Waals surface area contributed by atoms with Crippen LogP contribution in [0.2, 0.25) is 0 Å². The van der Waals surface area contributed by atoms with Crippen LogP contribution in [0.5, 0.6) is 0 Å². The Bertz CT molecular complexity index is 808. The summed E-state index contributed by atoms with van der Waals surface area (Å²) in [5.41, 5.74) is 2.32. The second-order valence-corrected chi connectivity index (χ2v) is 9.02. The summed E-state index contributed by atoms with van der Waals surface area (Å²) in [5.74, 6) is 0.170. The average Bonchev–Trinajstić information content (AvgIpc) is 3.27. The summed E-state index contributed by atoms with van der Waals surface area (Å²) < 4.78 is 12.2. The Balaban J connectivity index is 1.16. The highest BCUT2D eigenvalue weighted by Crippen LogP contribution is 2.38. The Morgan fingerprint density at radius 2 is 2.19 bits per heavy atom. The summed E-state index contributed by atoms with van der Waals surface area (Å²) in [6.45, 7) is 2.68. The number of rotatable bonds is 4. The molecule has 3 aliphatic rings. The molecule has 2 fully saturated rings. The molecular weight excluding hydrogens is 360 g/mol. The van der Waals surface area contributed by atoms with E-state index in [1.165, 1.54) is 16.9 Å². The van der Waals surface area contributed by atoms with Crippen molar-refractivity contribution in [2.45, 2.75) is 50.4 Å². The first kappa shape index (κ1) is 17.3. The third-order valence-corrected chi connectivity index (χ3v) is 7.11. The molecule has 2 saturated heterocycles. The van der Waals surface area contributed by atoms with E-state index in [2.05, 4.69) is 11.1 Å². The molecule has 0 unspecified atom stereocenters. The predicted molar refractivity (Wildman–Crippen MR) is 103 cm³/mol. The number of amides is 1. The molecule has 5 rings (SSSR count). The smallest absolute Gasteiger partial charge is 0.264 e. The van der Waals surface area contributed by atoms with Crippen molar-refractivity contribution in [3.63, 3.8) is 0 Å². The zero-order valence-electron chi connectivity index (χ0n) is 15.4. The number of ether oxygens (including phenoxy) is 2. The lowest BCUT2D eigenvalue weighted by molar-refractivity contribution is -0.187. The van der Waals surface area contributed by atoms with Gasteiger partial charge in [-0.3, -0.25) is 9.78 Å². The number of carbonyl (C=O) groups is 1. The van der Waals surface area contributed by atoms with E-state index in [1.54, 1.807) is 23.7 Å². The molecule has 1 atom stereocenters. The van der Waals surface area contributed by atoms with Gasteiger partial charge in [0.15, 0.2) is 0 Å². The van der Waals surface area contributed by atoms with Gasteiger partial charge in [0.2, 0.25) is 0 Å². The van der Waals surface area contributed by atoms with E-state index in [0.29, 0.717) is 26.3 Å². The second-order valence-electron chi connectivity index (χ2n) is 7.89. The van der Waals surface area contributed by atoms with Crippen molar-refractivity contribution in [2.24, 2.45) is 0 Å². The lowest BCUT2D eigenvalue weighted by Gasteiger charge is -2.52. The maximum atomic E-state index is 12.8. The van der Waals surface area contributed by atoms with Crippen LogP contribution in [-0.4, -0.2) is 47.2 Å². The number of hydrogen-bond acceptors (Lipinski definition) is 5. The van der Waals surface area contributed by atoms with Gasteiger partial charge < -0.3 is 14.4 Å². The van der Waals surface area contributed by atoms with Gasteiger partial charge in [-0.05, 0) is 55.0 Å². The number of carbonyl (C=O) groups excluding carboxylic acids is 1. The molecule has 1 spiro atoms. The third-order valence-electron chi connectivity index (χ3n) is 5.89. The van der Waals surface area contributed by atoms with Gasteiger partial charge in [0.25, 0.3) is 5.91 Å². The Kier molecular flexibility index (Phi) is 4.50. The highest BCUT2D eigenvalue weighted by Gasteiger charge is 2.50. The predicted octanol–water partition coefficient (Wildman–Crippen LogP) is 3.22. The van der Waals surface area contributed by atoms with Crippen molar-refractivity contribution in [1.29, 1.82) is 0 Å². The van der Waals surface area contributed by atoms with Crippen LogP contribution in [0.4, 0.5) is 0 Å². The summed E-state index contributed by atoms with van der Waals surface area (Å²) in [5, 5.41) is 0. The fourth-order valence-corrected chi connectivity index (χ4v) is 5.64. The van der Waals surface area contributed by atoms with Crippen LogP contribution in [0, 0.1) is 0 Å². The Morgan fingerprint density at radius 3 is 3.00 bits per heavy atom. The van der Waals surface area contributed by atoms with Crippen molar-refractivity contribution in [1.82, 2.24) is 9.88 Å². The summed E-state index contributed by atoms with van der Waals surface area (Å²) in [4.78, 5) is 21.1. The number of pyridine rings is 1. The average molecular weight is 385 g/mol. The summed E-state index contributed by atoms with van der Waals surface area (Å²) in [6.07, 6.45) is 9.05. The van der Waals surface area contributed by atoms with Gasteiger partial charge in [0, 0.05) is 30.3 Å². The normalized spacial score (nSPS) is 23.3. The maximum Gasteiger partial charge on any atom is 0.264 e. The van der Waals surface area contributed by atoms with E-state index in [4.69, 9.17) is 9.47 Å². The number of aromatic nitrogens is 1. The molecule has 27 heavy (non-hydrogen) atoms. The van der Waals surface area contributed by atoms with E-state index >= 15 is 0 Å². The van der Waals surface area contributed by atoms with Gasteiger partial charge in [0.1, 0.15) is 5.60 Å². The molecule has 1 aliphatic carbocycles. The van der Waals surface area contributed by atoms with Crippen molar-refractivity contribution >= 4 is 17.2 Å². The molecule has 5 nitrogen and oxygen atoms in total. The molecule has 2 aliphatic heterocycles. The number of aryl methyl sites for hydroxylation is 2. The van der Waals surface area contributed by atoms with Crippen molar-refractivity contribution in [3.05, 3.63) is 51.5 Å². The largest absolute Gasteiger partial charge is 0.373 e. The second kappa shape index (κ2) is 7.00. The van der Waals surface area contributed by atoms with Crippen LogP contribution in [0.25, 0.3) is 0 Å². The van der Waals surface area contributed by atoms with Crippen LogP contribution in [0.1, 0.15) is 44.9 Å². The number of thiophene rings is 1. The first-order chi connectivity index (χ1) is 13.2. The molecule has 2 aromatic rings. The Hall–Kier alpha value is -1.76. The quantitative estimate of drug-likeness (QED) is 0.812. The first-order valence-electron chi connectivity index (χ1n) is 9.76. The zero-order chi connectivity index (χ0) is 18.3. The Morgan fingerprint density at radius 1 is 1.33 bits per heavy atom. The van der Waals surface area contributed by atoms with Crippen LogP contribution in [-0.2, 0) is 28.9 Å². The van der Waals surface area contributed by atoms with E-state index in [-0.39, 0.29) is 17.6 Å². The number of likely N-dealkylation sites (tertiary alicyclic amines) is 1. The van der Waals surface area contributed by atoms with Gasteiger partial charge in [0.05, 0.1) is 30.7 Å². The van der Waals surface area contributed by atoms with Crippen molar-refractivity contribution in [2.75, 3.05) is 19.7 Å². The number of nitrogens with zero attached hydrogens (tertiary/aromatic N) is 2. The highest BCUT2D eigenvalue weighted by molar-refractivity contribution is 7.14. The molecule has 0 aromatic carbocycles. The fraction of sp³-hybridized carbons (Fsp3) is 0.524. The lowest BCUT2D eigenvalue weighted by atomic mass is 9.84. The van der Waals surface area contributed by atoms with Crippen LogP contribution < -0.4 is 0 Å². The minimum absolute atomic E-state index is 0.170. The SMILES string of the molecule is O=C(c1cc2c(s1)CCC2)N1CC2(C[C@H](OCc3ccncc3)CCO2)C1. The molecule has 142 valence electrons. The third kappa shape index (κ3) is 3.42. The van der Waals surface area contributed by atoms with E-state index in [1.807, 2.05) is 17.0 Å². The minimum Gasteiger partial charge on any atom is -0.373 e. The van der Waals surface area contributed by atoms with Gasteiger partial charge >= 0.3 is 0 Å². The topological polar surface area (TPSA) is 51.7 Å². The lowest BCUT2D eigenvalue weighted by Crippen LogP contribution is -2.67. The summed E-state index contributed by atoms with van der Waals surface area (Å²) >= 11 is 1.69. The van der Waals surface area contributed by atoms with Crippen molar-refractivity contribution < 1.29 is 14.3 Å². The maximum absolute atomic E-state index is 12.8. The molecular formula is C21H24N2O3S. The van der Waals surface area contributed by atoms with Crippen molar-refractivity contribution in [3.8, 4) is 0 Å². The molecule has 2 aromatic heterocycles. The van der Waals surface area contributed by atoms with Gasteiger partial charge in [-0.15, -0.1) is 11.3 Å². The first-order valence-corrected chi connectivity index (χ1v) is 10.6. The standard InChI is InChI=1S/C21H24N2O3S/c24-20(19-10-16-2-1-3-18(16)27-19)23-13-21(14-23)11-17(6-9-26-21)25-12-15-4-7-22-8-5-15/h4-5,7-8,10,17H,1-3,6,9,11-14H2/t17-/m1/s1. The van der Waals surface area contributed by atoms with E-state index < -0.39 is 0 Å². The minimum atomic E-state index is -0.212. The van der Waals surface area contributed by atoms with Gasteiger partial charge in [-0.25, -0.2) is 0 Å². The molecule has 6 heteroatoms. The summed E-state index contributed by atoms with van der Waals surface area (Å²) in [7, 11) is 0. The highest BCUT2D eigenvalue weighted by atomic mass is 32.1. The van der Waals surface area contributed by atoms with Crippen LogP contribution in [0.15, 0.2) is 30.6 Å². The molecule has 0 bridgehead atoms. The monoisotopic (exact) mass is 384 g/mol. The summed E-state index contributed by atoms with van der Waals surface area (Å²) in [6, 6.07) is 6.08. The molecule has 0 N–H and O–H groups in total. The molecule has 4 heterocycles. The van der Waals surface area contributed by atoms with Crippen LogP contribution >= 0.6 is 11.3 Å². The Labute approximate surface area is 163 Å². The number of hydrogen-bond donors (Lipinski definition) is 0. The fourth-order valence-electron chi connectivity index (χ4n) is 4.42. The van der Waals surface area contributed by atoms with Gasteiger partial charge in [-0.1, -0.05) is 0 Å². The molecule has 1 amide bonds. The zero-order valence-corrected chi connectivity index (χ0v) is 16.2. The van der Waals surface area contributed by atoms with E-state index in [0.717, 1.165) is 36.1 Å². The van der Waals surface area contributed by atoms with E-state index in [9.17, 15) is 4.79 Å². The number of fused-ring (bicyclic) bond motifs is 1. The van der Waals surface area contributed by atoms with Gasteiger partial charge in [-0.2, -0.15) is 0 Å². The molecule has 0 radical (unpaired) electrons. The molecule has 0 saturated carbocycles.